The van der Waals surface area contributed by atoms with Crippen LogP contribution in [0, 0.1) is 6.92 Å². The fourth-order valence-electron chi connectivity index (χ4n) is 4.36. The molecule has 2 aromatic heterocycles. The lowest BCUT2D eigenvalue weighted by molar-refractivity contribution is -0.122. The number of aromatic nitrogens is 5. The molecule has 4 heterocycles. The Kier molecular flexibility index (Phi) is 4.09. The molecule has 154 valence electrons. The van der Waals surface area contributed by atoms with E-state index in [1.54, 1.807) is 48.3 Å². The number of amides is 1. The molecule has 3 aromatic rings. The summed E-state index contributed by atoms with van der Waals surface area (Å²) in [6, 6.07) is 8.09. The Labute approximate surface area is 171 Å². The van der Waals surface area contributed by atoms with Gasteiger partial charge in [0.05, 0.1) is 11.9 Å². The zero-order valence-corrected chi connectivity index (χ0v) is 16.4. The summed E-state index contributed by atoms with van der Waals surface area (Å²) < 4.78 is 9.15. The van der Waals surface area contributed by atoms with Gasteiger partial charge < -0.3 is 15.2 Å². The van der Waals surface area contributed by atoms with E-state index in [-0.39, 0.29) is 11.7 Å². The fraction of sp³-hybridized carbons (Fsp3) is 0.350. The number of aliphatic hydroxyl groups is 1. The van der Waals surface area contributed by atoms with Gasteiger partial charge in [-0.05, 0) is 25.5 Å². The molecule has 0 saturated carbocycles. The number of aliphatic hydroxyl groups excluding tert-OH is 1. The van der Waals surface area contributed by atoms with Crippen LogP contribution in [0.2, 0.25) is 0 Å². The maximum Gasteiger partial charge on any atom is 0.351 e. The number of rotatable bonds is 4. The Morgan fingerprint density at radius 3 is 2.83 bits per heavy atom. The first-order chi connectivity index (χ1) is 14.5. The van der Waals surface area contributed by atoms with Crippen LogP contribution in [-0.4, -0.2) is 41.7 Å². The Hall–Kier alpha value is -3.37. The zero-order valence-electron chi connectivity index (χ0n) is 16.4. The number of fused-ring (bicyclic) bond motifs is 5. The van der Waals surface area contributed by atoms with Crippen molar-refractivity contribution in [2.75, 3.05) is 5.32 Å². The Morgan fingerprint density at radius 1 is 1.33 bits per heavy atom. The van der Waals surface area contributed by atoms with Crippen molar-refractivity contribution >= 4 is 11.7 Å². The molecule has 0 radical (unpaired) electrons. The van der Waals surface area contributed by atoms with E-state index in [1.165, 1.54) is 4.57 Å². The third-order valence-electron chi connectivity index (χ3n) is 5.92. The second kappa shape index (κ2) is 6.57. The van der Waals surface area contributed by atoms with Crippen molar-refractivity contribution < 1.29 is 14.6 Å². The van der Waals surface area contributed by atoms with Gasteiger partial charge in [0.25, 0.3) is 5.91 Å². The minimum atomic E-state index is -0.966. The average molecular weight is 408 g/mol. The van der Waals surface area contributed by atoms with E-state index in [9.17, 15) is 14.7 Å². The van der Waals surface area contributed by atoms with Crippen LogP contribution >= 0.6 is 0 Å². The number of anilines is 1. The molecule has 10 nitrogen and oxygen atoms in total. The molecule has 4 atom stereocenters. The predicted octanol–water partition coefficient (Wildman–Crippen LogP) is 1.15. The molecule has 5 rings (SSSR count). The lowest BCUT2D eigenvalue weighted by Gasteiger charge is -2.30. The molecule has 1 amide bonds. The van der Waals surface area contributed by atoms with Gasteiger partial charge in [-0.1, -0.05) is 30.3 Å². The highest BCUT2D eigenvalue weighted by molar-refractivity contribution is 6.03. The first-order valence-electron chi connectivity index (χ1n) is 9.69. The molecule has 10 heteroatoms. The van der Waals surface area contributed by atoms with Gasteiger partial charge in [-0.3, -0.25) is 9.36 Å². The molecule has 1 saturated heterocycles. The van der Waals surface area contributed by atoms with E-state index in [4.69, 9.17) is 4.74 Å². The summed E-state index contributed by atoms with van der Waals surface area (Å²) in [6.45, 7) is 3.64. The third kappa shape index (κ3) is 2.47. The molecule has 1 fully saturated rings. The van der Waals surface area contributed by atoms with E-state index in [0.717, 1.165) is 0 Å². The molecular weight excluding hydrogens is 388 g/mol. The monoisotopic (exact) mass is 408 g/mol. The van der Waals surface area contributed by atoms with Gasteiger partial charge in [0, 0.05) is 17.3 Å². The van der Waals surface area contributed by atoms with E-state index in [0.29, 0.717) is 23.2 Å². The number of carbonyl (C=O) groups is 1. The number of hydrogen-bond donors (Lipinski definition) is 2. The first-order valence-corrected chi connectivity index (χ1v) is 9.69. The summed E-state index contributed by atoms with van der Waals surface area (Å²) in [5, 5.41) is 21.6. The number of ether oxygens (including phenoxy) is 1. The number of hydrogen-bond acceptors (Lipinski definition) is 7. The summed E-state index contributed by atoms with van der Waals surface area (Å²) in [5.74, 6) is -0.174. The van der Waals surface area contributed by atoms with Crippen LogP contribution in [0.3, 0.4) is 0 Å². The SMILES string of the molecule is CC[C@@]12O[C@@H](n3cc(C)c(NC(=O)c4ccccc4)nc3=O)[C@H](C1O)n1nncc12. The van der Waals surface area contributed by atoms with Crippen LogP contribution in [0.25, 0.3) is 0 Å². The maximum absolute atomic E-state index is 12.8. The highest BCUT2D eigenvalue weighted by Crippen LogP contribution is 2.56. The van der Waals surface area contributed by atoms with Crippen LogP contribution < -0.4 is 11.0 Å². The van der Waals surface area contributed by atoms with Gasteiger partial charge in [-0.25, -0.2) is 9.48 Å². The van der Waals surface area contributed by atoms with E-state index in [2.05, 4.69) is 20.6 Å². The van der Waals surface area contributed by atoms with Crippen molar-refractivity contribution in [1.29, 1.82) is 0 Å². The predicted molar refractivity (Wildman–Crippen MR) is 105 cm³/mol. The van der Waals surface area contributed by atoms with Crippen molar-refractivity contribution in [2.45, 2.75) is 44.2 Å². The number of nitrogens with one attached hydrogen (secondary N) is 1. The van der Waals surface area contributed by atoms with Crippen molar-refractivity contribution in [3.05, 3.63) is 70.0 Å². The second-order valence-electron chi connectivity index (χ2n) is 7.53. The average Bonchev–Trinajstić information content (AvgIpc) is 3.40. The maximum atomic E-state index is 12.8. The van der Waals surface area contributed by atoms with Crippen molar-refractivity contribution in [3.63, 3.8) is 0 Å². The second-order valence-corrected chi connectivity index (χ2v) is 7.53. The molecular formula is C20H20N6O4. The van der Waals surface area contributed by atoms with Gasteiger partial charge in [0.1, 0.15) is 23.6 Å². The fourth-order valence-corrected chi connectivity index (χ4v) is 4.36. The molecule has 2 N–H and O–H groups in total. The first kappa shape index (κ1) is 18.6. The van der Waals surface area contributed by atoms with Crippen LogP contribution in [-0.2, 0) is 10.3 Å². The Morgan fingerprint density at radius 2 is 2.10 bits per heavy atom. The summed E-state index contributed by atoms with van der Waals surface area (Å²) in [7, 11) is 0. The molecule has 2 bridgehead atoms. The number of carbonyl (C=O) groups excluding carboxylic acids is 1. The molecule has 1 unspecified atom stereocenters. The molecule has 2 aliphatic heterocycles. The van der Waals surface area contributed by atoms with Crippen LogP contribution in [0.15, 0.2) is 47.5 Å². The third-order valence-corrected chi connectivity index (χ3v) is 5.92. The lowest BCUT2D eigenvalue weighted by Crippen LogP contribution is -2.37. The van der Waals surface area contributed by atoms with E-state index < -0.39 is 29.7 Å². The molecule has 2 aliphatic rings. The summed E-state index contributed by atoms with van der Waals surface area (Å²) >= 11 is 0. The van der Waals surface area contributed by atoms with Gasteiger partial charge in [-0.15, -0.1) is 5.10 Å². The van der Waals surface area contributed by atoms with Crippen molar-refractivity contribution in [1.82, 2.24) is 24.5 Å². The van der Waals surface area contributed by atoms with E-state index >= 15 is 0 Å². The summed E-state index contributed by atoms with van der Waals surface area (Å²) in [4.78, 5) is 29.3. The summed E-state index contributed by atoms with van der Waals surface area (Å²) in [5.41, 5.74) is 0.187. The quantitative estimate of drug-likeness (QED) is 0.663. The highest BCUT2D eigenvalue weighted by atomic mass is 16.6. The van der Waals surface area contributed by atoms with Crippen LogP contribution in [0.1, 0.15) is 47.2 Å². The normalized spacial score (nSPS) is 26.6. The zero-order chi connectivity index (χ0) is 21.0. The summed E-state index contributed by atoms with van der Waals surface area (Å²) in [6.07, 6.45) is 2.01. The Bertz CT molecular complexity index is 1190. The smallest absolute Gasteiger partial charge is 0.351 e. The van der Waals surface area contributed by atoms with Gasteiger partial charge in [0.2, 0.25) is 0 Å². The number of benzene rings is 1. The molecule has 1 aromatic carbocycles. The topological polar surface area (TPSA) is 124 Å². The molecule has 0 spiro atoms. The Balaban J connectivity index is 1.48. The van der Waals surface area contributed by atoms with Gasteiger partial charge >= 0.3 is 5.69 Å². The van der Waals surface area contributed by atoms with Gasteiger partial charge in [-0.2, -0.15) is 4.98 Å². The lowest BCUT2D eigenvalue weighted by atomic mass is 9.93. The molecule has 0 aliphatic carbocycles. The largest absolute Gasteiger partial charge is 0.387 e. The molecule has 30 heavy (non-hydrogen) atoms. The van der Waals surface area contributed by atoms with E-state index in [1.807, 2.05) is 13.0 Å². The minimum absolute atomic E-state index is 0.181. The van der Waals surface area contributed by atoms with Gasteiger partial charge in [0.15, 0.2) is 6.23 Å². The standard InChI is InChI=1S/C20H20N6O4/c1-3-20-13-9-21-24-26(13)14(15(20)27)18(30-20)25-10-11(2)16(23-19(25)29)22-17(28)12-7-5-4-6-8-12/h4-10,14-15,18,27H,3H2,1-2H3,(H,22,23,28,29)/t14-,15?,18+,20-/m0/s1. The number of aryl methyl sites for hydroxylation is 1. The van der Waals surface area contributed by atoms with Crippen LogP contribution in [0.4, 0.5) is 5.82 Å². The van der Waals surface area contributed by atoms with Crippen molar-refractivity contribution in [2.24, 2.45) is 0 Å². The van der Waals surface area contributed by atoms with Crippen LogP contribution in [0.5, 0.6) is 0 Å². The number of nitrogens with zero attached hydrogens (tertiary/aromatic N) is 5. The van der Waals surface area contributed by atoms with Crippen molar-refractivity contribution in [3.8, 4) is 0 Å². The minimum Gasteiger partial charge on any atom is -0.387 e. The highest BCUT2D eigenvalue weighted by Gasteiger charge is 2.64.